The number of likely N-dealkylation sites (tertiary alicyclic amines) is 1. The van der Waals surface area contributed by atoms with Crippen LogP contribution in [-0.2, 0) is 21.0 Å². The molecule has 2 aliphatic rings. The molecule has 3 atom stereocenters. The second kappa shape index (κ2) is 8.13. The first-order valence-corrected chi connectivity index (χ1v) is 10.8. The number of fused-ring (bicyclic) bond motifs is 1. The van der Waals surface area contributed by atoms with Crippen LogP contribution in [0.4, 0.5) is 5.69 Å². The third-order valence-corrected chi connectivity index (χ3v) is 6.28. The summed E-state index contributed by atoms with van der Waals surface area (Å²) in [6, 6.07) is 20.5. The summed E-state index contributed by atoms with van der Waals surface area (Å²) in [7, 11) is 0. The van der Waals surface area contributed by atoms with Gasteiger partial charge in [-0.2, -0.15) is 0 Å². The molecule has 162 valence electrons. The number of amides is 2. The van der Waals surface area contributed by atoms with Gasteiger partial charge in [0.15, 0.2) is 6.10 Å². The summed E-state index contributed by atoms with van der Waals surface area (Å²) in [5.74, 6) is -1.86. The number of hydroxylamine groups is 1. The minimum Gasteiger partial charge on any atom is -0.506 e. The summed E-state index contributed by atoms with van der Waals surface area (Å²) >= 11 is 12.4. The number of halogens is 2. The number of hydrogen-bond acceptors (Lipinski definition) is 5. The Labute approximate surface area is 194 Å². The Morgan fingerprint density at radius 3 is 2.25 bits per heavy atom. The molecule has 6 nitrogen and oxygen atoms in total. The van der Waals surface area contributed by atoms with Crippen LogP contribution in [0.15, 0.2) is 72.8 Å². The molecule has 2 fully saturated rings. The van der Waals surface area contributed by atoms with Gasteiger partial charge in [-0.15, -0.1) is 0 Å². The fourth-order valence-corrected chi connectivity index (χ4v) is 4.83. The number of hydrogen-bond donors (Lipinski definition) is 1. The second-order valence-electron chi connectivity index (χ2n) is 7.73. The van der Waals surface area contributed by atoms with Crippen molar-refractivity contribution in [2.24, 2.45) is 5.92 Å². The van der Waals surface area contributed by atoms with Crippen molar-refractivity contribution < 1.29 is 19.5 Å². The fraction of sp³-hybridized carbons (Fsp3) is 0.167. The van der Waals surface area contributed by atoms with E-state index in [1.165, 1.54) is 16.0 Å². The van der Waals surface area contributed by atoms with Crippen LogP contribution in [0.5, 0.6) is 5.75 Å². The van der Waals surface area contributed by atoms with E-state index in [4.69, 9.17) is 28.0 Å². The predicted molar refractivity (Wildman–Crippen MR) is 120 cm³/mol. The molecule has 2 amide bonds. The Kier molecular flexibility index (Phi) is 5.29. The second-order valence-corrected chi connectivity index (χ2v) is 8.58. The Hall–Kier alpha value is -3.06. The molecule has 5 rings (SSSR count). The zero-order valence-corrected chi connectivity index (χ0v) is 18.2. The summed E-state index contributed by atoms with van der Waals surface area (Å²) in [5, 5.41) is 12.6. The molecule has 0 saturated carbocycles. The molecule has 0 bridgehead atoms. The maximum atomic E-state index is 13.5. The van der Waals surface area contributed by atoms with Gasteiger partial charge in [0.25, 0.3) is 5.91 Å². The molecule has 2 saturated heterocycles. The van der Waals surface area contributed by atoms with Gasteiger partial charge in [-0.3, -0.25) is 19.3 Å². The van der Waals surface area contributed by atoms with E-state index < -0.39 is 24.0 Å². The lowest BCUT2D eigenvalue weighted by atomic mass is 9.90. The van der Waals surface area contributed by atoms with E-state index in [0.29, 0.717) is 16.3 Å². The average Bonchev–Trinajstić information content (AvgIpc) is 3.29. The minimum atomic E-state index is -1.02. The Morgan fingerprint density at radius 1 is 0.906 bits per heavy atom. The molecule has 0 aromatic heterocycles. The first-order chi connectivity index (χ1) is 15.5. The van der Waals surface area contributed by atoms with Crippen molar-refractivity contribution >= 4 is 40.7 Å². The topological polar surface area (TPSA) is 70.1 Å². The molecule has 1 N–H and O–H groups in total. The molecule has 0 spiro atoms. The maximum Gasteiger partial charge on any atom is 0.262 e. The number of aromatic hydroxyl groups is 1. The van der Waals surface area contributed by atoms with Gasteiger partial charge < -0.3 is 5.11 Å². The van der Waals surface area contributed by atoms with Crippen LogP contribution in [0.2, 0.25) is 10.0 Å². The number of phenolic OH excluding ortho intramolecular Hbond substituents is 1. The number of benzene rings is 3. The average molecular weight is 469 g/mol. The smallest absolute Gasteiger partial charge is 0.262 e. The van der Waals surface area contributed by atoms with E-state index in [2.05, 4.69) is 0 Å². The van der Waals surface area contributed by atoms with Gasteiger partial charge in [0.1, 0.15) is 11.7 Å². The standard InChI is InChI=1S/C24H18Cl2N2O4/c25-15-11-17(21(29)18(26)12-15)20-19-22(32-28(20)16-9-5-2-6-10-16)24(31)27(23(19)30)13-14-7-3-1-4-8-14/h1-12,19-20,22,29H,13H2/t19-,20+,22+/m0/s1. The molecule has 3 aromatic carbocycles. The summed E-state index contributed by atoms with van der Waals surface area (Å²) in [5.41, 5.74) is 1.79. The lowest BCUT2D eigenvalue weighted by Crippen LogP contribution is -2.37. The summed E-state index contributed by atoms with van der Waals surface area (Å²) in [6.45, 7) is 0.148. The molecule has 0 aliphatic carbocycles. The van der Waals surface area contributed by atoms with Crippen molar-refractivity contribution in [2.75, 3.05) is 5.06 Å². The maximum absolute atomic E-state index is 13.5. The van der Waals surface area contributed by atoms with Crippen LogP contribution in [-0.4, -0.2) is 27.9 Å². The molecular formula is C24H18Cl2N2O4. The van der Waals surface area contributed by atoms with Crippen LogP contribution in [0.1, 0.15) is 17.2 Å². The summed E-state index contributed by atoms with van der Waals surface area (Å²) in [6.07, 6.45) is -1.02. The van der Waals surface area contributed by atoms with Crippen molar-refractivity contribution in [3.63, 3.8) is 0 Å². The number of imide groups is 1. The number of carbonyl (C=O) groups is 2. The molecule has 32 heavy (non-hydrogen) atoms. The molecule has 2 aliphatic heterocycles. The van der Waals surface area contributed by atoms with Gasteiger partial charge in [-0.1, -0.05) is 71.7 Å². The number of anilines is 1. The van der Waals surface area contributed by atoms with E-state index in [1.54, 1.807) is 18.2 Å². The number of rotatable bonds is 4. The van der Waals surface area contributed by atoms with Crippen LogP contribution < -0.4 is 5.06 Å². The van der Waals surface area contributed by atoms with Crippen LogP contribution in [0.25, 0.3) is 0 Å². The van der Waals surface area contributed by atoms with Crippen LogP contribution in [0, 0.1) is 5.92 Å². The zero-order valence-electron chi connectivity index (χ0n) is 16.7. The molecule has 0 unspecified atom stereocenters. The van der Waals surface area contributed by atoms with Crippen molar-refractivity contribution in [3.8, 4) is 5.75 Å². The van der Waals surface area contributed by atoms with E-state index in [-0.39, 0.29) is 23.2 Å². The van der Waals surface area contributed by atoms with Gasteiger partial charge in [-0.25, -0.2) is 5.06 Å². The van der Waals surface area contributed by atoms with Crippen molar-refractivity contribution in [3.05, 3.63) is 94.0 Å². The predicted octanol–water partition coefficient (Wildman–Crippen LogP) is 4.75. The Balaban J connectivity index is 1.58. The molecule has 3 aromatic rings. The molecule has 0 radical (unpaired) electrons. The fourth-order valence-electron chi connectivity index (χ4n) is 4.32. The lowest BCUT2D eigenvalue weighted by molar-refractivity contribution is -0.143. The number of para-hydroxylation sites is 1. The minimum absolute atomic E-state index is 0.0573. The highest BCUT2D eigenvalue weighted by molar-refractivity contribution is 6.35. The molecule has 2 heterocycles. The van der Waals surface area contributed by atoms with Crippen molar-refractivity contribution in [2.45, 2.75) is 18.7 Å². The summed E-state index contributed by atoms with van der Waals surface area (Å²) < 4.78 is 0. The third-order valence-electron chi connectivity index (χ3n) is 5.78. The van der Waals surface area contributed by atoms with Crippen molar-refractivity contribution in [1.29, 1.82) is 0 Å². The van der Waals surface area contributed by atoms with E-state index >= 15 is 0 Å². The van der Waals surface area contributed by atoms with Crippen molar-refractivity contribution in [1.82, 2.24) is 4.90 Å². The lowest BCUT2D eigenvalue weighted by Gasteiger charge is -2.29. The molecular weight excluding hydrogens is 451 g/mol. The third kappa shape index (κ3) is 3.41. The Morgan fingerprint density at radius 2 is 1.56 bits per heavy atom. The Bertz CT molecular complexity index is 1190. The van der Waals surface area contributed by atoms with E-state index in [9.17, 15) is 14.7 Å². The highest BCUT2D eigenvalue weighted by atomic mass is 35.5. The van der Waals surface area contributed by atoms with Gasteiger partial charge in [0.05, 0.1) is 23.3 Å². The highest BCUT2D eigenvalue weighted by Gasteiger charge is 2.60. The van der Waals surface area contributed by atoms with E-state index in [0.717, 1.165) is 5.56 Å². The normalized spacial score (nSPS) is 22.5. The molecule has 8 heteroatoms. The quantitative estimate of drug-likeness (QED) is 0.559. The zero-order chi connectivity index (χ0) is 22.4. The first-order valence-electron chi connectivity index (χ1n) is 10.0. The highest BCUT2D eigenvalue weighted by Crippen LogP contribution is 2.50. The largest absolute Gasteiger partial charge is 0.506 e. The first kappa shape index (κ1) is 20.8. The SMILES string of the molecule is O=C1[C@H]2[C@@H](c3cc(Cl)cc(Cl)c3O)N(c3ccccc3)O[C@H]2C(=O)N1Cc1ccccc1. The van der Waals surface area contributed by atoms with Gasteiger partial charge in [0.2, 0.25) is 5.91 Å². The van der Waals surface area contributed by atoms with Crippen LogP contribution >= 0.6 is 23.2 Å². The van der Waals surface area contributed by atoms with Gasteiger partial charge >= 0.3 is 0 Å². The van der Waals surface area contributed by atoms with Crippen LogP contribution in [0.3, 0.4) is 0 Å². The number of carbonyl (C=O) groups excluding carboxylic acids is 2. The monoisotopic (exact) mass is 468 g/mol. The number of nitrogens with zero attached hydrogens (tertiary/aromatic N) is 2. The van der Waals surface area contributed by atoms with E-state index in [1.807, 2.05) is 48.5 Å². The van der Waals surface area contributed by atoms with Gasteiger partial charge in [0, 0.05) is 10.6 Å². The van der Waals surface area contributed by atoms with Gasteiger partial charge in [-0.05, 0) is 29.8 Å². The number of phenols is 1. The summed E-state index contributed by atoms with van der Waals surface area (Å²) in [4.78, 5) is 34.0.